The van der Waals surface area contributed by atoms with Crippen LogP contribution in [0.4, 0.5) is 0 Å². The lowest BCUT2D eigenvalue weighted by molar-refractivity contribution is 0.0167. The molecule has 2 rings (SSSR count). The van der Waals surface area contributed by atoms with Crippen LogP contribution in [0.15, 0.2) is 48.3 Å². The smallest absolute Gasteiger partial charge is 0.118 e. The Balaban J connectivity index is 1.76. The maximum atomic E-state index is 10.3. The van der Waals surface area contributed by atoms with Gasteiger partial charge >= 0.3 is 0 Å². The maximum absolute atomic E-state index is 10.3. The Morgan fingerprint density at radius 3 is 2.56 bits per heavy atom. The third-order valence-electron chi connectivity index (χ3n) is 4.80. The van der Waals surface area contributed by atoms with E-state index in [2.05, 4.69) is 31.3 Å². The first-order valence-electron chi connectivity index (χ1n) is 9.38. The van der Waals surface area contributed by atoms with Crippen LogP contribution in [0, 0.1) is 0 Å². The number of β-amino-alcohol motifs (C(OH)–C–C–N with tert-alkyl or cyclic N) is 1. The van der Waals surface area contributed by atoms with Crippen LogP contribution in [-0.2, 0) is 15.9 Å². The zero-order valence-electron chi connectivity index (χ0n) is 17.1. The van der Waals surface area contributed by atoms with Crippen LogP contribution in [-0.4, -0.2) is 49.7 Å². The Hall–Kier alpha value is -1.82. The minimum atomic E-state index is -0.583. The molecule has 27 heavy (non-hydrogen) atoms. The number of methoxy groups -OCH3 is 2. The molecule has 1 aromatic carbocycles. The minimum Gasteiger partial charge on any atom is -0.497 e. The van der Waals surface area contributed by atoms with Crippen molar-refractivity contribution < 1.29 is 19.3 Å². The molecule has 0 spiro atoms. The van der Waals surface area contributed by atoms with Crippen molar-refractivity contribution >= 4 is 0 Å². The fraction of sp³-hybridized carbons (Fsp3) is 0.545. The third kappa shape index (κ3) is 7.01. The topological polar surface area (TPSA) is 60.0 Å². The molecule has 0 saturated heterocycles. The lowest BCUT2D eigenvalue weighted by atomic mass is 9.94. The van der Waals surface area contributed by atoms with Crippen LogP contribution >= 0.6 is 0 Å². The lowest BCUT2D eigenvalue weighted by Gasteiger charge is -2.30. The normalized spacial score (nSPS) is 20.9. The van der Waals surface area contributed by atoms with Crippen molar-refractivity contribution in [3.8, 4) is 5.75 Å². The Labute approximate surface area is 163 Å². The van der Waals surface area contributed by atoms with Crippen molar-refractivity contribution in [1.82, 2.24) is 5.32 Å². The van der Waals surface area contributed by atoms with Gasteiger partial charge < -0.3 is 24.6 Å². The van der Waals surface area contributed by atoms with Crippen molar-refractivity contribution in [2.24, 2.45) is 0 Å². The van der Waals surface area contributed by atoms with Gasteiger partial charge in [-0.1, -0.05) is 24.3 Å². The van der Waals surface area contributed by atoms with E-state index in [1.807, 2.05) is 37.3 Å². The van der Waals surface area contributed by atoms with Gasteiger partial charge in [0.05, 0.1) is 18.5 Å². The molecule has 1 aliphatic rings. The van der Waals surface area contributed by atoms with Crippen LogP contribution in [0.25, 0.3) is 0 Å². The average molecular weight is 376 g/mol. The second-order valence-corrected chi connectivity index (χ2v) is 7.94. The Bertz CT molecular complexity index is 651. The number of hydrogen-bond donors (Lipinski definition) is 2. The molecule has 2 unspecified atom stereocenters. The molecule has 1 aliphatic carbocycles. The molecule has 2 atom stereocenters. The third-order valence-corrected chi connectivity index (χ3v) is 4.80. The van der Waals surface area contributed by atoms with Gasteiger partial charge in [0.25, 0.3) is 0 Å². The molecule has 0 bridgehead atoms. The molecule has 0 aromatic heterocycles. The predicted octanol–water partition coefficient (Wildman–Crippen LogP) is 3.23. The minimum absolute atomic E-state index is 0.142. The SMILES string of the molecule is COc1ccc(CC(C)(C)NCC(O)COC2=CC=CC(C)(OC)C2)cc1. The van der Waals surface area contributed by atoms with Crippen LogP contribution < -0.4 is 10.1 Å². The van der Waals surface area contributed by atoms with Gasteiger partial charge in [0.1, 0.15) is 18.5 Å². The number of aliphatic hydroxyl groups excluding tert-OH is 1. The summed E-state index contributed by atoms with van der Waals surface area (Å²) in [7, 11) is 3.36. The van der Waals surface area contributed by atoms with Gasteiger partial charge in [-0.25, -0.2) is 0 Å². The average Bonchev–Trinajstić information content (AvgIpc) is 2.65. The highest BCUT2D eigenvalue weighted by molar-refractivity contribution is 5.28. The Kier molecular flexibility index (Phi) is 7.48. The molecule has 0 heterocycles. The van der Waals surface area contributed by atoms with E-state index in [1.165, 1.54) is 5.56 Å². The summed E-state index contributed by atoms with van der Waals surface area (Å²) in [4.78, 5) is 0. The van der Waals surface area contributed by atoms with E-state index in [4.69, 9.17) is 14.2 Å². The number of allylic oxidation sites excluding steroid dienone is 2. The summed E-state index contributed by atoms with van der Waals surface area (Å²) in [6.07, 6.45) is 6.81. The van der Waals surface area contributed by atoms with Gasteiger partial charge in [-0.3, -0.25) is 0 Å². The van der Waals surface area contributed by atoms with Crippen molar-refractivity contribution in [3.63, 3.8) is 0 Å². The Morgan fingerprint density at radius 1 is 1.22 bits per heavy atom. The van der Waals surface area contributed by atoms with Crippen molar-refractivity contribution in [2.75, 3.05) is 27.4 Å². The predicted molar refractivity (Wildman–Crippen MR) is 108 cm³/mol. The second kappa shape index (κ2) is 9.40. The summed E-state index contributed by atoms with van der Waals surface area (Å²) < 4.78 is 16.5. The highest BCUT2D eigenvalue weighted by atomic mass is 16.5. The van der Waals surface area contributed by atoms with Crippen LogP contribution in [0.2, 0.25) is 0 Å². The first kappa shape index (κ1) is 21.5. The highest BCUT2D eigenvalue weighted by Crippen LogP contribution is 2.26. The van der Waals surface area contributed by atoms with E-state index in [0.29, 0.717) is 13.0 Å². The number of rotatable bonds is 10. The molecule has 0 radical (unpaired) electrons. The lowest BCUT2D eigenvalue weighted by Crippen LogP contribution is -2.46. The van der Waals surface area contributed by atoms with Crippen molar-refractivity contribution in [2.45, 2.75) is 50.9 Å². The van der Waals surface area contributed by atoms with Gasteiger partial charge in [0.2, 0.25) is 0 Å². The molecule has 1 aromatic rings. The van der Waals surface area contributed by atoms with E-state index in [9.17, 15) is 5.11 Å². The zero-order valence-corrected chi connectivity index (χ0v) is 17.1. The van der Waals surface area contributed by atoms with E-state index in [1.54, 1.807) is 14.2 Å². The van der Waals surface area contributed by atoms with Crippen LogP contribution in [0.3, 0.4) is 0 Å². The number of nitrogens with one attached hydrogen (secondary N) is 1. The molecule has 0 aliphatic heterocycles. The van der Waals surface area contributed by atoms with Gasteiger partial charge in [-0.05, 0) is 51.0 Å². The summed E-state index contributed by atoms with van der Waals surface area (Å²) in [5, 5.41) is 13.7. The number of aliphatic hydroxyl groups is 1. The molecular weight excluding hydrogens is 342 g/mol. The fourth-order valence-electron chi connectivity index (χ4n) is 3.03. The fourth-order valence-corrected chi connectivity index (χ4v) is 3.03. The van der Waals surface area contributed by atoms with E-state index < -0.39 is 6.10 Å². The zero-order chi connectivity index (χ0) is 19.9. The van der Waals surface area contributed by atoms with Gasteiger partial charge in [-0.2, -0.15) is 0 Å². The number of hydrogen-bond acceptors (Lipinski definition) is 5. The van der Waals surface area contributed by atoms with Gasteiger partial charge in [0.15, 0.2) is 0 Å². The molecule has 0 amide bonds. The molecule has 2 N–H and O–H groups in total. The quantitative estimate of drug-likeness (QED) is 0.657. The van der Waals surface area contributed by atoms with E-state index in [-0.39, 0.29) is 17.7 Å². The van der Waals surface area contributed by atoms with Gasteiger partial charge in [0, 0.05) is 25.6 Å². The molecule has 0 fully saturated rings. The second-order valence-electron chi connectivity index (χ2n) is 7.94. The molecule has 5 nitrogen and oxygen atoms in total. The first-order valence-corrected chi connectivity index (χ1v) is 9.38. The highest BCUT2D eigenvalue weighted by Gasteiger charge is 2.25. The summed E-state index contributed by atoms with van der Waals surface area (Å²) in [6.45, 7) is 6.99. The van der Waals surface area contributed by atoms with Gasteiger partial charge in [-0.15, -0.1) is 0 Å². The largest absolute Gasteiger partial charge is 0.497 e. The van der Waals surface area contributed by atoms with Crippen molar-refractivity contribution in [3.05, 3.63) is 53.8 Å². The first-order chi connectivity index (χ1) is 12.8. The molecule has 150 valence electrons. The van der Waals surface area contributed by atoms with Crippen LogP contribution in [0.5, 0.6) is 5.75 Å². The summed E-state index contributed by atoms with van der Waals surface area (Å²) in [5.74, 6) is 1.69. The maximum Gasteiger partial charge on any atom is 0.118 e. The monoisotopic (exact) mass is 375 g/mol. The molecular formula is C22H33NO4. The van der Waals surface area contributed by atoms with Crippen LogP contribution in [0.1, 0.15) is 32.8 Å². The summed E-state index contributed by atoms with van der Waals surface area (Å²) >= 11 is 0. The summed E-state index contributed by atoms with van der Waals surface area (Å²) in [5.41, 5.74) is 0.738. The standard InChI is InChI=1S/C22H33NO4/c1-21(2,13-17-8-10-19(25-4)11-9-17)23-15-18(24)16-27-20-7-6-12-22(3,14-20)26-5/h6-12,18,23-24H,13-16H2,1-5H3. The summed E-state index contributed by atoms with van der Waals surface area (Å²) in [6, 6.07) is 8.07. The Morgan fingerprint density at radius 2 is 1.93 bits per heavy atom. The van der Waals surface area contributed by atoms with E-state index >= 15 is 0 Å². The number of ether oxygens (including phenoxy) is 3. The molecule has 5 heteroatoms. The van der Waals surface area contributed by atoms with Crippen molar-refractivity contribution in [1.29, 1.82) is 0 Å². The molecule has 0 saturated carbocycles. The van der Waals surface area contributed by atoms with E-state index in [0.717, 1.165) is 17.9 Å². The number of benzene rings is 1.